The van der Waals surface area contributed by atoms with Gasteiger partial charge in [-0.15, -0.1) is 0 Å². The molecule has 1 fully saturated rings. The van der Waals surface area contributed by atoms with Gasteiger partial charge in [-0.25, -0.2) is 4.79 Å². The highest BCUT2D eigenvalue weighted by atomic mass is 16.5. The molecule has 1 aliphatic rings. The molecule has 0 bridgehead atoms. The average molecular weight is 427 g/mol. The van der Waals surface area contributed by atoms with E-state index in [-0.39, 0.29) is 11.9 Å². The summed E-state index contributed by atoms with van der Waals surface area (Å²) in [6.45, 7) is 6.86. The van der Waals surface area contributed by atoms with Crippen molar-refractivity contribution in [2.75, 3.05) is 69.0 Å². The fourth-order valence-electron chi connectivity index (χ4n) is 3.54. The summed E-state index contributed by atoms with van der Waals surface area (Å²) in [6, 6.07) is 12.6. The number of carbonyl (C=O) groups is 2. The Hall–Kier alpha value is -3.10. The Morgan fingerprint density at radius 3 is 2.52 bits per heavy atom. The molecule has 166 valence electrons. The maximum Gasteiger partial charge on any atom is 0.323 e. The minimum absolute atomic E-state index is 0.153. The zero-order chi connectivity index (χ0) is 22.2. The van der Waals surface area contributed by atoms with Gasteiger partial charge in [0, 0.05) is 31.2 Å². The van der Waals surface area contributed by atoms with Gasteiger partial charge in [0.25, 0.3) is 5.91 Å². The first kappa shape index (κ1) is 22.6. The largest absolute Gasteiger partial charge is 0.377 e. The van der Waals surface area contributed by atoms with Crippen molar-refractivity contribution < 1.29 is 19.2 Å². The fourth-order valence-corrected chi connectivity index (χ4v) is 3.54. The number of hydrogen-bond donors (Lipinski definition) is 4. The Kier molecular flexibility index (Phi) is 7.86. The van der Waals surface area contributed by atoms with E-state index in [1.807, 2.05) is 56.3 Å². The number of morpholine rings is 1. The molecule has 0 aliphatic carbocycles. The van der Waals surface area contributed by atoms with E-state index in [9.17, 15) is 9.59 Å². The molecule has 4 N–H and O–H groups in total. The number of aryl methyl sites for hydroxylation is 1. The normalized spacial score (nSPS) is 14.0. The molecule has 0 saturated carbocycles. The van der Waals surface area contributed by atoms with Crippen LogP contribution >= 0.6 is 0 Å². The fraction of sp³-hybridized carbons (Fsp3) is 0.391. The van der Waals surface area contributed by atoms with Crippen LogP contribution in [0.1, 0.15) is 15.9 Å². The number of benzene rings is 2. The Balaban J connectivity index is 1.64. The number of para-hydroxylation sites is 1. The molecule has 1 heterocycles. The van der Waals surface area contributed by atoms with Crippen molar-refractivity contribution in [1.29, 1.82) is 0 Å². The van der Waals surface area contributed by atoms with Crippen LogP contribution in [0.2, 0.25) is 0 Å². The van der Waals surface area contributed by atoms with Crippen LogP contribution in [-0.2, 0) is 4.74 Å². The molecule has 3 rings (SSSR count). The second kappa shape index (κ2) is 10.8. The average Bonchev–Trinajstić information content (AvgIpc) is 2.76. The highest BCUT2D eigenvalue weighted by Gasteiger charge is 2.17. The number of nitrogens with one attached hydrogen (secondary N) is 4. The zero-order valence-corrected chi connectivity index (χ0v) is 18.5. The van der Waals surface area contributed by atoms with Crippen LogP contribution in [0.4, 0.5) is 21.9 Å². The molecule has 0 radical (unpaired) electrons. The van der Waals surface area contributed by atoms with E-state index in [0.717, 1.165) is 49.8 Å². The molecular weight excluding hydrogens is 394 g/mol. The third-order valence-corrected chi connectivity index (χ3v) is 5.34. The molecule has 1 aliphatic heterocycles. The number of quaternary nitrogens is 1. The molecule has 0 unspecified atom stereocenters. The highest BCUT2D eigenvalue weighted by molar-refractivity contribution is 6.04. The quantitative estimate of drug-likeness (QED) is 0.538. The summed E-state index contributed by atoms with van der Waals surface area (Å²) >= 11 is 0. The second-order valence-electron chi connectivity index (χ2n) is 7.89. The monoisotopic (exact) mass is 426 g/mol. The molecule has 0 spiro atoms. The number of hydrogen-bond acceptors (Lipinski definition) is 4. The SMILES string of the molecule is Cc1ccccc1NC(=O)Nc1ccc(N(C)C)c(C(=O)NCC[NH+]2CCOCC2)c1. The van der Waals surface area contributed by atoms with Crippen LogP contribution in [0.15, 0.2) is 42.5 Å². The standard InChI is InChI=1S/C23H31N5O3/c1-17-6-4-5-7-20(17)26-23(30)25-18-8-9-21(27(2)3)19(16-18)22(29)24-10-11-28-12-14-31-15-13-28/h4-9,16H,10-15H2,1-3H3,(H,24,29)(H2,25,26,30)/p+1. The van der Waals surface area contributed by atoms with Crippen molar-refractivity contribution in [3.8, 4) is 0 Å². The number of ether oxygens (including phenoxy) is 1. The predicted octanol–water partition coefficient (Wildman–Crippen LogP) is 1.35. The Morgan fingerprint density at radius 1 is 1.06 bits per heavy atom. The van der Waals surface area contributed by atoms with Gasteiger partial charge in [0.1, 0.15) is 13.1 Å². The van der Waals surface area contributed by atoms with Gasteiger partial charge in [0.15, 0.2) is 0 Å². The zero-order valence-electron chi connectivity index (χ0n) is 18.5. The Morgan fingerprint density at radius 2 is 1.81 bits per heavy atom. The Bertz CT molecular complexity index is 910. The van der Waals surface area contributed by atoms with Gasteiger partial charge in [0.05, 0.1) is 31.9 Å². The van der Waals surface area contributed by atoms with Gasteiger partial charge in [-0.05, 0) is 36.8 Å². The summed E-state index contributed by atoms with van der Waals surface area (Å²) in [5.74, 6) is -0.153. The first-order valence-corrected chi connectivity index (χ1v) is 10.6. The van der Waals surface area contributed by atoms with Gasteiger partial charge in [-0.3, -0.25) is 4.79 Å². The molecule has 1 saturated heterocycles. The van der Waals surface area contributed by atoms with Crippen molar-refractivity contribution >= 4 is 29.0 Å². The van der Waals surface area contributed by atoms with Gasteiger partial charge in [0.2, 0.25) is 0 Å². The lowest BCUT2D eigenvalue weighted by Crippen LogP contribution is -3.14. The predicted molar refractivity (Wildman–Crippen MR) is 123 cm³/mol. The maximum atomic E-state index is 12.9. The minimum Gasteiger partial charge on any atom is -0.377 e. The molecule has 2 aromatic rings. The van der Waals surface area contributed by atoms with Crippen LogP contribution in [0, 0.1) is 6.92 Å². The summed E-state index contributed by atoms with van der Waals surface area (Å²) < 4.78 is 5.37. The third kappa shape index (κ3) is 6.44. The lowest BCUT2D eigenvalue weighted by atomic mass is 10.1. The first-order valence-electron chi connectivity index (χ1n) is 10.6. The number of amides is 3. The van der Waals surface area contributed by atoms with Crippen LogP contribution in [0.5, 0.6) is 0 Å². The van der Waals surface area contributed by atoms with E-state index in [1.54, 1.807) is 12.1 Å². The highest BCUT2D eigenvalue weighted by Crippen LogP contribution is 2.23. The van der Waals surface area contributed by atoms with Crippen LogP contribution < -0.4 is 25.8 Å². The topological polar surface area (TPSA) is 87.1 Å². The van der Waals surface area contributed by atoms with Crippen LogP contribution in [0.3, 0.4) is 0 Å². The van der Waals surface area contributed by atoms with E-state index in [0.29, 0.717) is 17.8 Å². The summed E-state index contributed by atoms with van der Waals surface area (Å²) in [7, 11) is 3.78. The number of carbonyl (C=O) groups excluding carboxylic acids is 2. The van der Waals surface area contributed by atoms with Gasteiger partial charge >= 0.3 is 6.03 Å². The second-order valence-corrected chi connectivity index (χ2v) is 7.89. The van der Waals surface area contributed by atoms with Crippen molar-refractivity contribution in [2.45, 2.75) is 6.92 Å². The molecule has 2 aromatic carbocycles. The summed E-state index contributed by atoms with van der Waals surface area (Å²) in [4.78, 5) is 28.6. The molecule has 0 aromatic heterocycles. The number of nitrogens with zero attached hydrogens (tertiary/aromatic N) is 1. The van der Waals surface area contributed by atoms with Gasteiger partial charge < -0.3 is 30.5 Å². The van der Waals surface area contributed by atoms with Crippen LogP contribution in [-0.4, -0.2) is 65.4 Å². The molecule has 3 amide bonds. The molecule has 0 atom stereocenters. The van der Waals surface area contributed by atoms with Crippen molar-refractivity contribution in [3.63, 3.8) is 0 Å². The third-order valence-electron chi connectivity index (χ3n) is 5.34. The summed E-state index contributed by atoms with van der Waals surface area (Å²) in [6.07, 6.45) is 0. The molecular formula is C23H32N5O3+. The minimum atomic E-state index is -0.353. The summed E-state index contributed by atoms with van der Waals surface area (Å²) in [5, 5.41) is 8.68. The van der Waals surface area contributed by atoms with Crippen LogP contribution in [0.25, 0.3) is 0 Å². The number of rotatable bonds is 7. The molecule has 8 heteroatoms. The summed E-state index contributed by atoms with van der Waals surface area (Å²) in [5.41, 5.74) is 3.59. The van der Waals surface area contributed by atoms with Crippen molar-refractivity contribution in [3.05, 3.63) is 53.6 Å². The smallest absolute Gasteiger partial charge is 0.323 e. The molecule has 8 nitrogen and oxygen atoms in total. The van der Waals surface area contributed by atoms with E-state index in [1.165, 1.54) is 4.90 Å². The first-order chi connectivity index (χ1) is 14.9. The molecule has 31 heavy (non-hydrogen) atoms. The van der Waals surface area contributed by atoms with Gasteiger partial charge in [-0.2, -0.15) is 0 Å². The van der Waals surface area contributed by atoms with Crippen molar-refractivity contribution in [2.24, 2.45) is 0 Å². The number of urea groups is 1. The lowest BCUT2D eigenvalue weighted by molar-refractivity contribution is -0.906. The van der Waals surface area contributed by atoms with E-state index in [4.69, 9.17) is 4.74 Å². The van der Waals surface area contributed by atoms with E-state index >= 15 is 0 Å². The van der Waals surface area contributed by atoms with E-state index in [2.05, 4.69) is 16.0 Å². The van der Waals surface area contributed by atoms with E-state index < -0.39 is 0 Å². The van der Waals surface area contributed by atoms with Gasteiger partial charge in [-0.1, -0.05) is 18.2 Å². The Labute approximate surface area is 183 Å². The number of anilines is 3. The van der Waals surface area contributed by atoms with Crippen molar-refractivity contribution in [1.82, 2.24) is 5.32 Å². The maximum absolute atomic E-state index is 12.9. The lowest BCUT2D eigenvalue weighted by Gasteiger charge is -2.24.